The Kier molecular flexibility index (Phi) is 6.65. The maximum absolute atomic E-state index is 11.6. The molecule has 0 fully saturated rings. The molecular formula is C12H22N6O2. The molecule has 1 aromatic rings. The molecule has 1 heterocycles. The van der Waals surface area contributed by atoms with Crippen LogP contribution in [0.5, 0.6) is 0 Å². The van der Waals surface area contributed by atoms with Gasteiger partial charge in [0.2, 0.25) is 5.91 Å². The van der Waals surface area contributed by atoms with E-state index in [9.17, 15) is 9.59 Å². The fraction of sp³-hybridized carbons (Fsp3) is 0.667. The zero-order valence-corrected chi connectivity index (χ0v) is 11.9. The molecule has 0 radical (unpaired) electrons. The molecule has 0 aliphatic rings. The van der Waals surface area contributed by atoms with E-state index in [1.807, 2.05) is 13.8 Å². The van der Waals surface area contributed by atoms with Crippen molar-refractivity contribution >= 4 is 11.9 Å². The Morgan fingerprint density at radius 3 is 2.85 bits per heavy atom. The highest BCUT2D eigenvalue weighted by molar-refractivity contribution is 5.94. The molecule has 4 N–H and O–H groups in total. The Bertz CT molecular complexity index is 445. The molecule has 20 heavy (non-hydrogen) atoms. The van der Waals surface area contributed by atoms with Gasteiger partial charge in [-0.25, -0.2) is 9.48 Å². The first-order valence-corrected chi connectivity index (χ1v) is 6.80. The highest BCUT2D eigenvalue weighted by Gasteiger charge is 2.12. The van der Waals surface area contributed by atoms with E-state index in [0.29, 0.717) is 12.2 Å². The number of hydrogen-bond acceptors (Lipinski definition) is 5. The Labute approximate surface area is 118 Å². The summed E-state index contributed by atoms with van der Waals surface area (Å²) in [4.78, 5) is 23.0. The van der Waals surface area contributed by atoms with Gasteiger partial charge in [0.1, 0.15) is 6.54 Å². The van der Waals surface area contributed by atoms with Crippen LogP contribution in [0.1, 0.15) is 44.8 Å². The van der Waals surface area contributed by atoms with Gasteiger partial charge in [0.05, 0.1) is 17.9 Å². The van der Waals surface area contributed by atoms with Crippen molar-refractivity contribution < 1.29 is 9.59 Å². The summed E-state index contributed by atoms with van der Waals surface area (Å²) in [6.45, 7) is 4.45. The molecule has 1 unspecified atom stereocenters. The van der Waals surface area contributed by atoms with Gasteiger partial charge in [-0.1, -0.05) is 25.5 Å². The molecule has 8 nitrogen and oxygen atoms in total. The van der Waals surface area contributed by atoms with Crippen LogP contribution in [0.2, 0.25) is 0 Å². The van der Waals surface area contributed by atoms with E-state index in [0.717, 1.165) is 19.3 Å². The van der Waals surface area contributed by atoms with E-state index in [-0.39, 0.29) is 12.6 Å². The molecule has 8 heteroatoms. The first-order valence-electron chi connectivity index (χ1n) is 6.80. The van der Waals surface area contributed by atoms with Gasteiger partial charge in [0.25, 0.3) is 0 Å². The van der Waals surface area contributed by atoms with Crippen LogP contribution in [0.4, 0.5) is 4.79 Å². The fourth-order valence-corrected chi connectivity index (χ4v) is 1.51. The minimum absolute atomic E-state index is 0.0648. The third-order valence-corrected chi connectivity index (χ3v) is 2.75. The fourth-order valence-electron chi connectivity index (χ4n) is 1.51. The minimum atomic E-state index is -0.492. The summed E-state index contributed by atoms with van der Waals surface area (Å²) < 4.78 is 1.36. The summed E-state index contributed by atoms with van der Waals surface area (Å²) in [6.07, 6.45) is 4.21. The molecule has 1 atom stereocenters. The third kappa shape index (κ3) is 5.35. The number of amides is 3. The highest BCUT2D eigenvalue weighted by atomic mass is 16.2. The molecule has 0 saturated carbocycles. The Hall–Kier alpha value is -1.96. The van der Waals surface area contributed by atoms with Gasteiger partial charge in [-0.2, -0.15) is 0 Å². The lowest BCUT2D eigenvalue weighted by Gasteiger charge is -2.05. The number of imide groups is 1. The Morgan fingerprint density at radius 2 is 2.20 bits per heavy atom. The largest absolute Gasteiger partial charge is 0.338 e. The number of carbonyl (C=O) groups excluding carboxylic acids is 2. The summed E-state index contributed by atoms with van der Waals surface area (Å²) >= 11 is 0. The number of hydrogen-bond donors (Lipinski definition) is 3. The Balaban J connectivity index is 2.38. The average molecular weight is 282 g/mol. The second kappa shape index (κ2) is 8.26. The van der Waals surface area contributed by atoms with Crippen LogP contribution >= 0.6 is 0 Å². The summed E-state index contributed by atoms with van der Waals surface area (Å²) in [5.41, 5.74) is 6.44. The number of nitrogens with two attached hydrogens (primary N) is 1. The minimum Gasteiger partial charge on any atom is -0.338 e. The maximum Gasteiger partial charge on any atom is 0.321 e. The van der Waals surface area contributed by atoms with E-state index in [2.05, 4.69) is 20.9 Å². The van der Waals surface area contributed by atoms with Gasteiger partial charge in [0.15, 0.2) is 0 Å². The molecule has 0 aliphatic heterocycles. The van der Waals surface area contributed by atoms with Gasteiger partial charge in [0, 0.05) is 6.54 Å². The molecule has 1 aromatic heterocycles. The van der Waals surface area contributed by atoms with Gasteiger partial charge < -0.3 is 11.1 Å². The first-order chi connectivity index (χ1) is 9.56. The molecule has 0 saturated heterocycles. The van der Waals surface area contributed by atoms with E-state index in [1.165, 1.54) is 4.68 Å². The second-order valence-corrected chi connectivity index (χ2v) is 4.51. The van der Waals surface area contributed by atoms with Crippen molar-refractivity contribution in [3.05, 3.63) is 11.9 Å². The maximum atomic E-state index is 11.6. The van der Waals surface area contributed by atoms with Crippen molar-refractivity contribution in [2.75, 3.05) is 6.54 Å². The molecule has 0 aliphatic carbocycles. The summed E-state index contributed by atoms with van der Waals surface area (Å²) in [5.74, 6) is -0.444. The lowest BCUT2D eigenvalue weighted by atomic mass is 10.2. The van der Waals surface area contributed by atoms with Crippen LogP contribution in [0.15, 0.2) is 6.20 Å². The van der Waals surface area contributed by atoms with Crippen LogP contribution in [-0.4, -0.2) is 33.5 Å². The molecule has 0 bridgehead atoms. The summed E-state index contributed by atoms with van der Waals surface area (Å²) in [6, 6.07) is -0.682. The van der Waals surface area contributed by atoms with Crippen molar-refractivity contribution in [2.24, 2.45) is 5.73 Å². The summed E-state index contributed by atoms with van der Waals surface area (Å²) in [7, 11) is 0. The van der Waals surface area contributed by atoms with Crippen molar-refractivity contribution in [1.82, 2.24) is 25.6 Å². The SMILES string of the molecule is CCCCNC(=O)NC(=O)Cn1cc(C(N)CC)nn1. The van der Waals surface area contributed by atoms with Gasteiger partial charge in [-0.3, -0.25) is 10.1 Å². The highest BCUT2D eigenvalue weighted by Crippen LogP contribution is 2.08. The standard InChI is InChI=1S/C12H22N6O2/c1-3-5-6-14-12(20)15-11(19)8-18-7-10(16-17-18)9(13)4-2/h7,9H,3-6,8,13H2,1-2H3,(H2,14,15,19,20). The lowest BCUT2D eigenvalue weighted by Crippen LogP contribution is -2.41. The predicted molar refractivity (Wildman–Crippen MR) is 73.7 cm³/mol. The molecule has 1 rings (SSSR count). The van der Waals surface area contributed by atoms with Crippen LogP contribution < -0.4 is 16.4 Å². The number of nitrogens with zero attached hydrogens (tertiary/aromatic N) is 3. The van der Waals surface area contributed by atoms with Crippen LogP contribution in [0.25, 0.3) is 0 Å². The van der Waals surface area contributed by atoms with Crippen LogP contribution in [-0.2, 0) is 11.3 Å². The van der Waals surface area contributed by atoms with E-state index in [1.54, 1.807) is 6.20 Å². The normalized spacial score (nSPS) is 11.9. The monoisotopic (exact) mass is 282 g/mol. The number of rotatable bonds is 7. The number of urea groups is 1. The van der Waals surface area contributed by atoms with E-state index < -0.39 is 11.9 Å². The molecule has 3 amide bonds. The van der Waals surface area contributed by atoms with Crippen molar-refractivity contribution in [1.29, 1.82) is 0 Å². The zero-order valence-electron chi connectivity index (χ0n) is 11.9. The van der Waals surface area contributed by atoms with Crippen molar-refractivity contribution in [3.63, 3.8) is 0 Å². The smallest absolute Gasteiger partial charge is 0.321 e. The van der Waals surface area contributed by atoms with Gasteiger partial charge >= 0.3 is 6.03 Å². The van der Waals surface area contributed by atoms with E-state index >= 15 is 0 Å². The first kappa shape index (κ1) is 16.1. The lowest BCUT2D eigenvalue weighted by molar-refractivity contribution is -0.120. The zero-order chi connectivity index (χ0) is 15.0. The predicted octanol–water partition coefficient (Wildman–Crippen LogP) is 0.314. The Morgan fingerprint density at radius 1 is 1.45 bits per heavy atom. The van der Waals surface area contributed by atoms with Crippen molar-refractivity contribution in [3.8, 4) is 0 Å². The topological polar surface area (TPSA) is 115 Å². The quantitative estimate of drug-likeness (QED) is 0.623. The molecule has 0 aromatic carbocycles. The second-order valence-electron chi connectivity index (χ2n) is 4.51. The average Bonchev–Trinajstić information content (AvgIpc) is 2.86. The third-order valence-electron chi connectivity index (χ3n) is 2.75. The van der Waals surface area contributed by atoms with Crippen molar-refractivity contribution in [2.45, 2.75) is 45.7 Å². The molecule has 0 spiro atoms. The number of carbonyl (C=O) groups is 2. The van der Waals surface area contributed by atoms with E-state index in [4.69, 9.17) is 5.73 Å². The van der Waals surface area contributed by atoms with Gasteiger partial charge in [-0.05, 0) is 12.8 Å². The summed E-state index contributed by atoms with van der Waals surface area (Å²) in [5, 5.41) is 12.5. The number of aromatic nitrogens is 3. The molecular weight excluding hydrogens is 260 g/mol. The van der Waals surface area contributed by atoms with Crippen LogP contribution in [0, 0.1) is 0 Å². The number of unbranched alkanes of at least 4 members (excludes halogenated alkanes) is 1. The number of nitrogens with one attached hydrogen (secondary N) is 2. The molecule has 112 valence electrons. The van der Waals surface area contributed by atoms with Gasteiger partial charge in [-0.15, -0.1) is 5.10 Å². The van der Waals surface area contributed by atoms with Crippen LogP contribution in [0.3, 0.4) is 0 Å².